The maximum absolute atomic E-state index is 11.8. The van der Waals surface area contributed by atoms with E-state index in [1.165, 1.54) is 20.1 Å². The van der Waals surface area contributed by atoms with Crippen molar-refractivity contribution in [2.24, 2.45) is 5.92 Å². The lowest BCUT2D eigenvalue weighted by atomic mass is 9.85. The Morgan fingerprint density at radius 1 is 1.00 bits per heavy atom. The van der Waals surface area contributed by atoms with Gasteiger partial charge in [-0.2, -0.15) is 0 Å². The number of phenolic OH excluding ortho intramolecular Hbond substituents is 3. The lowest BCUT2D eigenvalue weighted by molar-refractivity contribution is -0.160. The summed E-state index contributed by atoms with van der Waals surface area (Å²) in [5.74, 6) is 0.0349. The molecule has 3 N–H and O–H groups in total. The van der Waals surface area contributed by atoms with E-state index in [4.69, 9.17) is 18.9 Å². The molecule has 3 atom stereocenters. The molecule has 1 heterocycles. The van der Waals surface area contributed by atoms with E-state index in [0.717, 1.165) is 37.5 Å². The molecule has 2 aromatic carbocycles. The van der Waals surface area contributed by atoms with Gasteiger partial charge in [0.2, 0.25) is 5.75 Å². The molecule has 1 saturated heterocycles. The first-order valence-corrected chi connectivity index (χ1v) is 13.6. The highest BCUT2D eigenvalue weighted by Crippen LogP contribution is 2.44. The first-order valence-electron chi connectivity index (χ1n) is 13.6. The van der Waals surface area contributed by atoms with Crippen LogP contribution in [-0.4, -0.2) is 53.0 Å². The molecule has 1 aliphatic carbocycles. The van der Waals surface area contributed by atoms with Crippen LogP contribution in [0.1, 0.15) is 75.5 Å². The number of hydrogen-bond acceptors (Lipinski definition) is 9. The van der Waals surface area contributed by atoms with Gasteiger partial charge in [0.1, 0.15) is 12.4 Å². The zero-order valence-corrected chi connectivity index (χ0v) is 22.5. The predicted molar refractivity (Wildman–Crippen MR) is 142 cm³/mol. The molecule has 2 aliphatic rings. The summed E-state index contributed by atoms with van der Waals surface area (Å²) in [6, 6.07) is 8.36. The van der Waals surface area contributed by atoms with Crippen LogP contribution >= 0.6 is 0 Å². The monoisotopic (exact) mass is 542 g/mol. The van der Waals surface area contributed by atoms with E-state index < -0.39 is 6.10 Å². The highest BCUT2D eigenvalue weighted by molar-refractivity contribution is 5.66. The summed E-state index contributed by atoms with van der Waals surface area (Å²) in [6.07, 6.45) is 5.82. The van der Waals surface area contributed by atoms with Crippen LogP contribution in [0, 0.1) is 5.92 Å². The Balaban J connectivity index is 1.48. The van der Waals surface area contributed by atoms with Crippen molar-refractivity contribution in [3.63, 3.8) is 0 Å². The third kappa shape index (κ3) is 7.56. The number of ether oxygens (including phenoxy) is 4. The normalized spacial score (nSPS) is 25.0. The Morgan fingerprint density at radius 2 is 1.77 bits per heavy atom. The van der Waals surface area contributed by atoms with E-state index in [1.54, 1.807) is 18.2 Å². The summed E-state index contributed by atoms with van der Waals surface area (Å²) in [5, 5.41) is 30.9. The number of phenols is 3. The van der Waals surface area contributed by atoms with Crippen molar-refractivity contribution in [2.45, 2.75) is 89.1 Å². The topological polar surface area (TPSA) is 132 Å². The highest BCUT2D eigenvalue weighted by atomic mass is 16.6. The minimum Gasteiger partial charge on any atom is -0.504 e. The van der Waals surface area contributed by atoms with Crippen LogP contribution in [0.5, 0.6) is 28.7 Å². The number of rotatable bonds is 10. The molecule has 1 saturated carbocycles. The Kier molecular flexibility index (Phi) is 9.56. The van der Waals surface area contributed by atoms with Gasteiger partial charge in [-0.1, -0.05) is 6.07 Å². The fourth-order valence-corrected chi connectivity index (χ4v) is 5.60. The quantitative estimate of drug-likeness (QED) is 0.212. The van der Waals surface area contributed by atoms with Crippen LogP contribution in [0.2, 0.25) is 0 Å². The van der Waals surface area contributed by atoms with E-state index in [0.29, 0.717) is 49.3 Å². The largest absolute Gasteiger partial charge is 0.504 e. The molecular weight excluding hydrogens is 504 g/mol. The second kappa shape index (κ2) is 13.1. The third-order valence-electron chi connectivity index (χ3n) is 7.66. The first-order chi connectivity index (χ1) is 18.7. The molecule has 0 aromatic heterocycles. The number of benzene rings is 2. The first kappa shape index (κ1) is 28.5. The Bertz CT molecular complexity index is 1140. The molecular formula is C30H38O9. The summed E-state index contributed by atoms with van der Waals surface area (Å²) in [7, 11) is 1.50. The fourth-order valence-electron chi connectivity index (χ4n) is 5.60. The summed E-state index contributed by atoms with van der Waals surface area (Å²) in [5.41, 5.74) is 1.60. The SMILES string of the molecule is COc1cc(CC[C@H]2C[C@H](OC(C)=O)C[C@@H](c3cc(O)c(O)c(OC4CCC(CC=O)CC4)c3)O2)ccc1O. The van der Waals surface area contributed by atoms with Gasteiger partial charge in [0.15, 0.2) is 23.0 Å². The minimum atomic E-state index is -0.486. The average Bonchev–Trinajstić information content (AvgIpc) is 2.91. The molecule has 9 nitrogen and oxygen atoms in total. The van der Waals surface area contributed by atoms with E-state index in [-0.39, 0.29) is 47.3 Å². The molecule has 0 unspecified atom stereocenters. The molecule has 39 heavy (non-hydrogen) atoms. The van der Waals surface area contributed by atoms with Crippen molar-refractivity contribution < 1.29 is 43.9 Å². The van der Waals surface area contributed by atoms with Gasteiger partial charge in [-0.3, -0.25) is 4.79 Å². The van der Waals surface area contributed by atoms with Gasteiger partial charge < -0.3 is 39.1 Å². The van der Waals surface area contributed by atoms with E-state index in [2.05, 4.69) is 0 Å². The Morgan fingerprint density at radius 3 is 2.46 bits per heavy atom. The van der Waals surface area contributed by atoms with Crippen LogP contribution < -0.4 is 9.47 Å². The number of carbonyl (C=O) groups is 2. The smallest absolute Gasteiger partial charge is 0.302 e. The summed E-state index contributed by atoms with van der Waals surface area (Å²) < 4.78 is 23.3. The van der Waals surface area contributed by atoms with E-state index in [1.807, 2.05) is 6.07 Å². The lowest BCUT2D eigenvalue weighted by Gasteiger charge is -2.35. The summed E-state index contributed by atoms with van der Waals surface area (Å²) in [4.78, 5) is 22.6. The number of hydrogen-bond donors (Lipinski definition) is 3. The molecule has 2 aromatic rings. The van der Waals surface area contributed by atoms with Crippen molar-refractivity contribution >= 4 is 12.3 Å². The van der Waals surface area contributed by atoms with Crippen molar-refractivity contribution in [3.8, 4) is 28.7 Å². The maximum Gasteiger partial charge on any atom is 0.302 e. The molecule has 212 valence electrons. The molecule has 2 fully saturated rings. The number of aryl methyl sites for hydroxylation is 1. The fraction of sp³-hybridized carbons (Fsp3) is 0.533. The van der Waals surface area contributed by atoms with Gasteiger partial charge in [-0.25, -0.2) is 0 Å². The number of carbonyl (C=O) groups excluding carboxylic acids is 2. The zero-order valence-electron chi connectivity index (χ0n) is 22.5. The minimum absolute atomic E-state index is 0.0734. The molecule has 4 rings (SSSR count). The van der Waals surface area contributed by atoms with Crippen LogP contribution in [-0.2, 0) is 25.5 Å². The van der Waals surface area contributed by atoms with Crippen molar-refractivity contribution in [1.29, 1.82) is 0 Å². The van der Waals surface area contributed by atoms with Gasteiger partial charge in [-0.05, 0) is 79.8 Å². The number of methoxy groups -OCH3 is 1. The Hall–Kier alpha value is -3.46. The average molecular weight is 543 g/mol. The number of esters is 1. The van der Waals surface area contributed by atoms with Crippen molar-refractivity contribution in [2.75, 3.05) is 7.11 Å². The third-order valence-corrected chi connectivity index (χ3v) is 7.66. The second-order valence-electron chi connectivity index (χ2n) is 10.5. The van der Waals surface area contributed by atoms with Gasteiger partial charge in [0.05, 0.1) is 25.4 Å². The highest BCUT2D eigenvalue weighted by Gasteiger charge is 2.33. The van der Waals surface area contributed by atoms with Gasteiger partial charge >= 0.3 is 5.97 Å². The zero-order chi connectivity index (χ0) is 27.9. The van der Waals surface area contributed by atoms with Crippen LogP contribution in [0.4, 0.5) is 0 Å². The van der Waals surface area contributed by atoms with Gasteiger partial charge in [0, 0.05) is 26.2 Å². The predicted octanol–water partition coefficient (Wildman–Crippen LogP) is 5.12. The standard InChI is InChI=1S/C30H38O9/c1-18(32)37-24-16-23(9-5-20-6-10-25(33)28(13-20)36-2)39-27(17-24)21-14-26(34)30(35)29(15-21)38-22-7-3-19(4-8-22)11-12-31/h6,10,12-15,19,22-24,27,33-35H,3-5,7-9,11,16-17H2,1-2H3/t19?,22?,23-,24-,27-/m0/s1. The van der Waals surface area contributed by atoms with E-state index in [9.17, 15) is 24.9 Å². The molecule has 9 heteroatoms. The number of aldehydes is 1. The van der Waals surface area contributed by atoms with E-state index >= 15 is 0 Å². The second-order valence-corrected chi connectivity index (χ2v) is 10.5. The maximum atomic E-state index is 11.8. The lowest BCUT2D eigenvalue weighted by Crippen LogP contribution is -2.34. The van der Waals surface area contributed by atoms with Crippen molar-refractivity contribution in [3.05, 3.63) is 41.5 Å². The van der Waals surface area contributed by atoms with Gasteiger partial charge in [0.25, 0.3) is 0 Å². The summed E-state index contributed by atoms with van der Waals surface area (Å²) in [6.45, 7) is 1.38. The van der Waals surface area contributed by atoms with Crippen LogP contribution in [0.25, 0.3) is 0 Å². The van der Waals surface area contributed by atoms with Gasteiger partial charge in [-0.15, -0.1) is 0 Å². The molecule has 0 spiro atoms. The Labute approximate surface area is 228 Å². The van der Waals surface area contributed by atoms with Crippen LogP contribution in [0.15, 0.2) is 30.3 Å². The molecule has 0 amide bonds. The molecule has 0 bridgehead atoms. The summed E-state index contributed by atoms with van der Waals surface area (Å²) >= 11 is 0. The van der Waals surface area contributed by atoms with Crippen molar-refractivity contribution in [1.82, 2.24) is 0 Å². The molecule has 0 radical (unpaired) electrons. The number of aromatic hydroxyl groups is 3. The molecule has 1 aliphatic heterocycles. The van der Waals surface area contributed by atoms with Crippen LogP contribution in [0.3, 0.4) is 0 Å².